The first-order valence-electron chi connectivity index (χ1n) is 10.9. The number of ether oxygens (including phenoxy) is 1. The summed E-state index contributed by atoms with van der Waals surface area (Å²) < 4.78 is 32.2. The van der Waals surface area contributed by atoms with Crippen molar-refractivity contribution in [3.63, 3.8) is 0 Å². The second kappa shape index (κ2) is 11.0. The summed E-state index contributed by atoms with van der Waals surface area (Å²) in [4.78, 5) is 7.67. The second-order valence-corrected chi connectivity index (χ2v) is 8.07. The summed E-state index contributed by atoms with van der Waals surface area (Å²) in [7, 11) is 0. The molecule has 2 atom stereocenters. The van der Waals surface area contributed by atoms with E-state index < -0.39 is 6.10 Å². The van der Waals surface area contributed by atoms with Gasteiger partial charge in [-0.25, -0.2) is 8.78 Å². The van der Waals surface area contributed by atoms with Crippen LogP contribution in [0, 0.1) is 11.6 Å². The van der Waals surface area contributed by atoms with Crippen LogP contribution in [0.25, 0.3) is 0 Å². The van der Waals surface area contributed by atoms with E-state index in [-0.39, 0.29) is 24.3 Å². The Morgan fingerprint density at radius 1 is 0.970 bits per heavy atom. The lowest BCUT2D eigenvalue weighted by atomic mass is 10.0. The molecule has 5 nitrogen and oxygen atoms in total. The highest BCUT2D eigenvalue weighted by molar-refractivity contribution is 6.01. The molecule has 1 heterocycles. The summed E-state index contributed by atoms with van der Waals surface area (Å²) in [6.07, 6.45) is -0.375. The van der Waals surface area contributed by atoms with Crippen LogP contribution in [-0.2, 0) is 11.4 Å². The van der Waals surface area contributed by atoms with Crippen LogP contribution in [0.4, 0.5) is 8.78 Å². The number of rotatable bonds is 10. The van der Waals surface area contributed by atoms with Crippen molar-refractivity contribution in [3.05, 3.63) is 102 Å². The largest absolute Gasteiger partial charge is 0.491 e. The van der Waals surface area contributed by atoms with Gasteiger partial charge < -0.3 is 14.7 Å². The normalized spacial score (nSPS) is 16.4. The monoisotopic (exact) mass is 452 g/mol. The quantitative estimate of drug-likeness (QED) is 0.496. The van der Waals surface area contributed by atoms with E-state index in [1.807, 2.05) is 35.2 Å². The molecule has 1 aliphatic heterocycles. The number of aliphatic hydroxyl groups is 1. The molecule has 4 rings (SSSR count). The molecule has 1 aliphatic rings. The molecular weight excluding hydrogens is 426 g/mol. The maximum absolute atomic E-state index is 13.3. The minimum absolute atomic E-state index is 0.146. The SMILES string of the molecule is O[C@H](COc1ccccc1)CN(Cc1ccc(F)cc1)C[C@@H]1CC(c2ccc(F)cc2)=NO1. The van der Waals surface area contributed by atoms with Crippen LogP contribution in [-0.4, -0.2) is 47.6 Å². The van der Waals surface area contributed by atoms with Gasteiger partial charge in [0.05, 0.1) is 5.71 Å². The summed E-state index contributed by atoms with van der Waals surface area (Å²) in [5.41, 5.74) is 2.50. The smallest absolute Gasteiger partial charge is 0.145 e. The molecule has 3 aromatic rings. The third-order valence-corrected chi connectivity index (χ3v) is 5.35. The molecule has 0 aliphatic carbocycles. The van der Waals surface area contributed by atoms with Crippen molar-refractivity contribution in [1.29, 1.82) is 0 Å². The van der Waals surface area contributed by atoms with Gasteiger partial charge in [-0.2, -0.15) is 0 Å². The van der Waals surface area contributed by atoms with E-state index >= 15 is 0 Å². The number of hydrogen-bond acceptors (Lipinski definition) is 5. The van der Waals surface area contributed by atoms with Crippen LogP contribution in [0.1, 0.15) is 17.5 Å². The van der Waals surface area contributed by atoms with Crippen LogP contribution in [0.15, 0.2) is 84.0 Å². The Morgan fingerprint density at radius 2 is 1.64 bits per heavy atom. The number of para-hydroxylation sites is 1. The molecule has 172 valence electrons. The van der Waals surface area contributed by atoms with Crippen molar-refractivity contribution in [1.82, 2.24) is 4.90 Å². The summed E-state index contributed by atoms with van der Waals surface area (Å²) in [6, 6.07) is 21.8. The summed E-state index contributed by atoms with van der Waals surface area (Å²) >= 11 is 0. The van der Waals surface area contributed by atoms with Gasteiger partial charge in [-0.05, 0) is 47.5 Å². The van der Waals surface area contributed by atoms with Crippen molar-refractivity contribution in [3.8, 4) is 5.75 Å². The van der Waals surface area contributed by atoms with Crippen LogP contribution in [0.2, 0.25) is 0 Å². The molecule has 3 aromatic carbocycles. The van der Waals surface area contributed by atoms with Crippen LogP contribution in [0.5, 0.6) is 5.75 Å². The van der Waals surface area contributed by atoms with Crippen molar-refractivity contribution < 1.29 is 23.5 Å². The fourth-order valence-corrected chi connectivity index (χ4v) is 3.74. The molecule has 0 amide bonds. The van der Waals surface area contributed by atoms with Gasteiger partial charge in [0, 0.05) is 26.1 Å². The number of halogens is 2. The number of hydrogen-bond donors (Lipinski definition) is 1. The van der Waals surface area contributed by atoms with E-state index in [1.165, 1.54) is 24.3 Å². The first-order valence-corrected chi connectivity index (χ1v) is 10.9. The van der Waals surface area contributed by atoms with Gasteiger partial charge in [-0.3, -0.25) is 4.90 Å². The minimum Gasteiger partial charge on any atom is -0.491 e. The Hall–Kier alpha value is -3.29. The van der Waals surface area contributed by atoms with Gasteiger partial charge in [-0.1, -0.05) is 47.6 Å². The Balaban J connectivity index is 1.37. The zero-order valence-electron chi connectivity index (χ0n) is 18.1. The van der Waals surface area contributed by atoms with Gasteiger partial charge in [0.2, 0.25) is 0 Å². The molecule has 0 bridgehead atoms. The molecule has 0 radical (unpaired) electrons. The van der Waals surface area contributed by atoms with E-state index in [9.17, 15) is 13.9 Å². The molecular formula is C26H26F2N2O3. The molecule has 7 heteroatoms. The molecule has 0 fully saturated rings. The predicted octanol–water partition coefficient (Wildman–Crippen LogP) is 4.40. The Morgan fingerprint density at radius 3 is 2.33 bits per heavy atom. The third kappa shape index (κ3) is 6.84. The van der Waals surface area contributed by atoms with Crippen LogP contribution in [0.3, 0.4) is 0 Å². The lowest BCUT2D eigenvalue weighted by Gasteiger charge is -2.27. The first-order chi connectivity index (χ1) is 16.0. The van der Waals surface area contributed by atoms with Gasteiger partial charge in [0.1, 0.15) is 36.2 Å². The number of aliphatic hydroxyl groups excluding tert-OH is 1. The van der Waals surface area contributed by atoms with E-state index in [4.69, 9.17) is 9.57 Å². The third-order valence-electron chi connectivity index (χ3n) is 5.35. The Kier molecular flexibility index (Phi) is 7.65. The van der Waals surface area contributed by atoms with E-state index in [1.54, 1.807) is 24.3 Å². The lowest BCUT2D eigenvalue weighted by molar-refractivity contribution is 0.0213. The van der Waals surface area contributed by atoms with E-state index in [0.29, 0.717) is 31.8 Å². The maximum Gasteiger partial charge on any atom is 0.145 e. The average Bonchev–Trinajstić information content (AvgIpc) is 3.29. The summed E-state index contributed by atoms with van der Waals surface area (Å²) in [5, 5.41) is 14.8. The number of benzene rings is 3. The molecule has 1 N–H and O–H groups in total. The zero-order chi connectivity index (χ0) is 23.0. The highest BCUT2D eigenvalue weighted by Gasteiger charge is 2.26. The average molecular weight is 453 g/mol. The highest BCUT2D eigenvalue weighted by Crippen LogP contribution is 2.19. The summed E-state index contributed by atoms with van der Waals surface area (Å²) in [6.45, 7) is 1.51. The molecule has 0 saturated carbocycles. The van der Waals surface area contributed by atoms with Gasteiger partial charge >= 0.3 is 0 Å². The minimum atomic E-state index is -0.732. The van der Waals surface area contributed by atoms with Crippen LogP contribution < -0.4 is 4.74 Å². The van der Waals surface area contributed by atoms with Crippen molar-refractivity contribution >= 4 is 5.71 Å². The molecule has 0 unspecified atom stereocenters. The first kappa shape index (κ1) is 22.9. The molecule has 0 saturated heterocycles. The van der Waals surface area contributed by atoms with Crippen molar-refractivity contribution in [2.75, 3.05) is 19.7 Å². The van der Waals surface area contributed by atoms with Crippen LogP contribution >= 0.6 is 0 Å². The molecule has 33 heavy (non-hydrogen) atoms. The second-order valence-electron chi connectivity index (χ2n) is 8.07. The molecule has 0 aromatic heterocycles. The van der Waals surface area contributed by atoms with E-state index in [2.05, 4.69) is 5.16 Å². The maximum atomic E-state index is 13.3. The highest BCUT2D eigenvalue weighted by atomic mass is 19.1. The lowest BCUT2D eigenvalue weighted by Crippen LogP contribution is -2.39. The van der Waals surface area contributed by atoms with Crippen molar-refractivity contribution in [2.45, 2.75) is 25.2 Å². The van der Waals surface area contributed by atoms with Gasteiger partial charge in [-0.15, -0.1) is 0 Å². The Labute approximate surface area is 191 Å². The molecule has 0 spiro atoms. The predicted molar refractivity (Wildman–Crippen MR) is 122 cm³/mol. The fourth-order valence-electron chi connectivity index (χ4n) is 3.74. The topological polar surface area (TPSA) is 54.3 Å². The summed E-state index contributed by atoms with van der Waals surface area (Å²) in [5.74, 6) is 0.100. The standard InChI is InChI=1S/C26H26F2N2O3/c27-21-10-6-19(7-11-21)15-30(16-23(31)18-32-24-4-2-1-3-5-24)17-25-14-26(29-33-25)20-8-12-22(28)13-9-20/h1-13,23,25,31H,14-18H2/t23-,25-/m0/s1. The Bertz CT molecular complexity index is 1040. The fraction of sp³-hybridized carbons (Fsp3) is 0.269. The number of oxime groups is 1. The van der Waals surface area contributed by atoms with Gasteiger partial charge in [0.25, 0.3) is 0 Å². The van der Waals surface area contributed by atoms with Gasteiger partial charge in [0.15, 0.2) is 0 Å². The zero-order valence-corrected chi connectivity index (χ0v) is 18.1. The number of nitrogens with zero attached hydrogens (tertiary/aromatic N) is 2. The van der Waals surface area contributed by atoms with E-state index in [0.717, 1.165) is 16.8 Å². The van der Waals surface area contributed by atoms with Crippen molar-refractivity contribution in [2.24, 2.45) is 5.16 Å².